The maximum atomic E-state index is 11.9. The lowest BCUT2D eigenvalue weighted by molar-refractivity contribution is 0.0787. The number of rotatable bonds is 4. The number of aliphatic hydroxyl groups excluding tert-OH is 1. The second-order valence-corrected chi connectivity index (χ2v) is 4.30. The van der Waals surface area contributed by atoms with Gasteiger partial charge in [-0.3, -0.25) is 0 Å². The molecular weight excluding hydrogens is 157 g/mol. The van der Waals surface area contributed by atoms with E-state index in [1.165, 1.54) is 6.42 Å². The van der Waals surface area contributed by atoms with Gasteiger partial charge in [0, 0.05) is 12.6 Å². The first-order chi connectivity index (χ1) is 5.56. The molecule has 0 aromatic heterocycles. The SMILES string of the molecule is CC1(C)CCC1NCC(O)CF. The predicted octanol–water partition coefficient (Wildman–Crippen LogP) is 1.09. The van der Waals surface area contributed by atoms with Crippen molar-refractivity contribution in [2.45, 2.75) is 38.8 Å². The minimum Gasteiger partial charge on any atom is -0.389 e. The summed E-state index contributed by atoms with van der Waals surface area (Å²) in [6.07, 6.45) is 1.53. The minimum atomic E-state index is -0.832. The molecule has 2 nitrogen and oxygen atoms in total. The summed E-state index contributed by atoms with van der Waals surface area (Å²) in [5.74, 6) is 0. The molecule has 1 aliphatic carbocycles. The van der Waals surface area contributed by atoms with Crippen molar-refractivity contribution in [1.82, 2.24) is 5.32 Å². The molecule has 0 spiro atoms. The fourth-order valence-electron chi connectivity index (χ4n) is 1.58. The van der Waals surface area contributed by atoms with Crippen LogP contribution in [0.4, 0.5) is 4.39 Å². The Labute approximate surface area is 73.2 Å². The molecule has 2 N–H and O–H groups in total. The van der Waals surface area contributed by atoms with E-state index in [2.05, 4.69) is 19.2 Å². The summed E-state index contributed by atoms with van der Waals surface area (Å²) in [5, 5.41) is 12.1. The van der Waals surface area contributed by atoms with Crippen molar-refractivity contribution in [2.24, 2.45) is 5.41 Å². The van der Waals surface area contributed by atoms with Crippen molar-refractivity contribution in [3.8, 4) is 0 Å². The average Bonchev–Trinajstić information content (AvgIpc) is 2.02. The van der Waals surface area contributed by atoms with Gasteiger partial charge in [0.15, 0.2) is 0 Å². The van der Waals surface area contributed by atoms with Gasteiger partial charge >= 0.3 is 0 Å². The summed E-state index contributed by atoms with van der Waals surface area (Å²) >= 11 is 0. The highest BCUT2D eigenvalue weighted by Gasteiger charge is 2.37. The lowest BCUT2D eigenvalue weighted by Crippen LogP contribution is -2.52. The summed E-state index contributed by atoms with van der Waals surface area (Å²) in [6, 6.07) is 0.457. The Balaban J connectivity index is 2.16. The molecule has 0 amide bonds. The number of aliphatic hydroxyl groups is 1. The van der Waals surface area contributed by atoms with Crippen LogP contribution in [0.5, 0.6) is 0 Å². The molecule has 0 radical (unpaired) electrons. The van der Waals surface area contributed by atoms with Crippen LogP contribution in [-0.2, 0) is 0 Å². The molecular formula is C9H18FNO. The van der Waals surface area contributed by atoms with Crippen LogP contribution in [0.3, 0.4) is 0 Å². The molecule has 1 rings (SSSR count). The molecule has 2 unspecified atom stereocenters. The summed E-state index contributed by atoms with van der Waals surface area (Å²) < 4.78 is 11.9. The zero-order valence-corrected chi connectivity index (χ0v) is 7.81. The third-order valence-electron chi connectivity index (χ3n) is 2.80. The quantitative estimate of drug-likeness (QED) is 0.670. The molecule has 0 aliphatic heterocycles. The first-order valence-electron chi connectivity index (χ1n) is 4.53. The highest BCUT2D eigenvalue weighted by Crippen LogP contribution is 2.39. The Morgan fingerprint density at radius 1 is 1.67 bits per heavy atom. The lowest BCUT2D eigenvalue weighted by atomic mass is 9.67. The highest BCUT2D eigenvalue weighted by atomic mass is 19.1. The topological polar surface area (TPSA) is 32.3 Å². The van der Waals surface area contributed by atoms with Gasteiger partial charge < -0.3 is 10.4 Å². The van der Waals surface area contributed by atoms with Gasteiger partial charge in [-0.2, -0.15) is 0 Å². The molecule has 0 aromatic carbocycles. The Morgan fingerprint density at radius 3 is 2.67 bits per heavy atom. The Hall–Kier alpha value is -0.150. The number of hydrogen-bond acceptors (Lipinski definition) is 2. The molecule has 0 aromatic rings. The third-order valence-corrected chi connectivity index (χ3v) is 2.80. The van der Waals surface area contributed by atoms with Gasteiger partial charge in [0.05, 0.1) is 6.10 Å². The van der Waals surface area contributed by atoms with Gasteiger partial charge in [-0.05, 0) is 18.3 Å². The zero-order chi connectivity index (χ0) is 9.19. The first kappa shape index (κ1) is 9.93. The van der Waals surface area contributed by atoms with Crippen molar-refractivity contribution in [3.05, 3.63) is 0 Å². The Kier molecular flexibility index (Phi) is 3.07. The van der Waals surface area contributed by atoms with E-state index in [0.717, 1.165) is 6.42 Å². The van der Waals surface area contributed by atoms with Crippen LogP contribution in [-0.4, -0.2) is 30.5 Å². The molecule has 1 aliphatic rings. The smallest absolute Gasteiger partial charge is 0.117 e. The van der Waals surface area contributed by atoms with Crippen molar-refractivity contribution >= 4 is 0 Å². The standard InChI is InChI=1S/C9H18FNO/c1-9(2)4-3-8(9)11-6-7(12)5-10/h7-8,11-12H,3-6H2,1-2H3. The lowest BCUT2D eigenvalue weighted by Gasteiger charge is -2.45. The van der Waals surface area contributed by atoms with Crippen LogP contribution >= 0.6 is 0 Å². The predicted molar refractivity (Wildman–Crippen MR) is 46.8 cm³/mol. The van der Waals surface area contributed by atoms with E-state index in [1.807, 2.05) is 0 Å². The molecule has 2 atom stereocenters. The first-order valence-corrected chi connectivity index (χ1v) is 4.53. The molecule has 0 saturated heterocycles. The fraction of sp³-hybridized carbons (Fsp3) is 1.00. The molecule has 0 bridgehead atoms. The Bertz CT molecular complexity index is 149. The van der Waals surface area contributed by atoms with Crippen LogP contribution in [0, 0.1) is 5.41 Å². The van der Waals surface area contributed by atoms with Crippen molar-refractivity contribution in [2.75, 3.05) is 13.2 Å². The van der Waals surface area contributed by atoms with Crippen LogP contribution < -0.4 is 5.32 Å². The molecule has 1 fully saturated rings. The second kappa shape index (κ2) is 3.71. The summed E-state index contributed by atoms with van der Waals surface area (Å²) in [7, 11) is 0. The van der Waals surface area contributed by atoms with Crippen molar-refractivity contribution in [1.29, 1.82) is 0 Å². The van der Waals surface area contributed by atoms with Crippen LogP contribution in [0.15, 0.2) is 0 Å². The van der Waals surface area contributed by atoms with Gasteiger partial charge in [0.1, 0.15) is 6.67 Å². The molecule has 72 valence electrons. The molecule has 3 heteroatoms. The van der Waals surface area contributed by atoms with Gasteiger partial charge in [-0.25, -0.2) is 4.39 Å². The normalized spacial score (nSPS) is 29.5. The molecule has 12 heavy (non-hydrogen) atoms. The summed E-state index contributed by atoms with van der Waals surface area (Å²) in [5.41, 5.74) is 0.329. The number of nitrogens with one attached hydrogen (secondary N) is 1. The molecule has 0 heterocycles. The van der Waals surface area contributed by atoms with Gasteiger partial charge in [0.25, 0.3) is 0 Å². The van der Waals surface area contributed by atoms with Crippen molar-refractivity contribution in [3.63, 3.8) is 0 Å². The van der Waals surface area contributed by atoms with Crippen LogP contribution in [0.25, 0.3) is 0 Å². The maximum Gasteiger partial charge on any atom is 0.117 e. The summed E-state index contributed by atoms with van der Waals surface area (Å²) in [6.45, 7) is 4.11. The number of alkyl halides is 1. The maximum absolute atomic E-state index is 11.9. The van der Waals surface area contributed by atoms with E-state index in [1.54, 1.807) is 0 Å². The Morgan fingerprint density at radius 2 is 2.33 bits per heavy atom. The van der Waals surface area contributed by atoms with E-state index in [9.17, 15) is 4.39 Å². The van der Waals surface area contributed by atoms with E-state index in [4.69, 9.17) is 5.11 Å². The van der Waals surface area contributed by atoms with E-state index in [0.29, 0.717) is 18.0 Å². The molecule has 1 saturated carbocycles. The van der Waals surface area contributed by atoms with Crippen LogP contribution in [0.1, 0.15) is 26.7 Å². The van der Waals surface area contributed by atoms with Crippen LogP contribution in [0.2, 0.25) is 0 Å². The monoisotopic (exact) mass is 175 g/mol. The minimum absolute atomic E-state index is 0.329. The van der Waals surface area contributed by atoms with Gasteiger partial charge in [-0.15, -0.1) is 0 Å². The number of halogens is 1. The third kappa shape index (κ3) is 2.17. The van der Waals surface area contributed by atoms with E-state index < -0.39 is 12.8 Å². The number of hydrogen-bond donors (Lipinski definition) is 2. The van der Waals surface area contributed by atoms with Crippen molar-refractivity contribution < 1.29 is 9.50 Å². The van der Waals surface area contributed by atoms with E-state index >= 15 is 0 Å². The fourth-order valence-corrected chi connectivity index (χ4v) is 1.58. The van der Waals surface area contributed by atoms with Gasteiger partial charge in [-0.1, -0.05) is 13.8 Å². The zero-order valence-electron chi connectivity index (χ0n) is 7.81. The summed E-state index contributed by atoms with van der Waals surface area (Å²) in [4.78, 5) is 0. The second-order valence-electron chi connectivity index (χ2n) is 4.30. The average molecular weight is 175 g/mol. The largest absolute Gasteiger partial charge is 0.389 e. The highest BCUT2D eigenvalue weighted by molar-refractivity contribution is 4.94. The van der Waals surface area contributed by atoms with E-state index in [-0.39, 0.29) is 0 Å². The van der Waals surface area contributed by atoms with Gasteiger partial charge in [0.2, 0.25) is 0 Å².